The summed E-state index contributed by atoms with van der Waals surface area (Å²) >= 11 is 0. The second kappa shape index (κ2) is 5.16. The zero-order chi connectivity index (χ0) is 15.1. The van der Waals surface area contributed by atoms with Gasteiger partial charge in [-0.2, -0.15) is 0 Å². The van der Waals surface area contributed by atoms with Crippen LogP contribution in [0, 0.1) is 5.92 Å². The molecule has 1 saturated carbocycles. The summed E-state index contributed by atoms with van der Waals surface area (Å²) in [6.07, 6.45) is 4.57. The first-order valence-electron chi connectivity index (χ1n) is 7.89. The highest BCUT2D eigenvalue weighted by molar-refractivity contribution is 6.08. The van der Waals surface area contributed by atoms with E-state index in [1.54, 1.807) is 6.26 Å². The second-order valence-electron chi connectivity index (χ2n) is 6.29. The smallest absolute Gasteiger partial charge is 0.224 e. The number of furan rings is 1. The number of fused-ring (bicyclic) bond motifs is 3. The van der Waals surface area contributed by atoms with Crippen molar-refractivity contribution in [2.24, 2.45) is 5.92 Å². The molecule has 1 amide bonds. The van der Waals surface area contributed by atoms with Gasteiger partial charge in [-0.05, 0) is 42.5 Å². The number of carbonyl (C=O) groups is 1. The van der Waals surface area contributed by atoms with Crippen molar-refractivity contribution in [3.8, 4) is 0 Å². The van der Waals surface area contributed by atoms with E-state index in [2.05, 4.69) is 30.4 Å². The monoisotopic (exact) mass is 293 g/mol. The van der Waals surface area contributed by atoms with Gasteiger partial charge in [-0.15, -0.1) is 0 Å². The molecule has 0 radical (unpaired) electrons. The molecule has 3 heteroatoms. The molecule has 0 aliphatic heterocycles. The summed E-state index contributed by atoms with van der Waals surface area (Å²) in [7, 11) is 0. The minimum absolute atomic E-state index is 0.0787. The highest BCUT2D eigenvalue weighted by Gasteiger charge is 2.29. The summed E-state index contributed by atoms with van der Waals surface area (Å²) < 4.78 is 5.64. The summed E-state index contributed by atoms with van der Waals surface area (Å²) in [6, 6.07) is 12.5. The Hall–Kier alpha value is -2.29. The Morgan fingerprint density at radius 2 is 2.09 bits per heavy atom. The Morgan fingerprint density at radius 3 is 2.91 bits per heavy atom. The molecule has 0 saturated heterocycles. The van der Waals surface area contributed by atoms with Crippen molar-refractivity contribution in [2.45, 2.75) is 32.2 Å². The molecule has 0 unspecified atom stereocenters. The van der Waals surface area contributed by atoms with Crippen LogP contribution < -0.4 is 5.32 Å². The van der Waals surface area contributed by atoms with Crippen LogP contribution in [0.4, 0.5) is 0 Å². The lowest BCUT2D eigenvalue weighted by molar-refractivity contribution is -0.121. The van der Waals surface area contributed by atoms with Crippen LogP contribution in [0.3, 0.4) is 0 Å². The van der Waals surface area contributed by atoms with Crippen molar-refractivity contribution >= 4 is 27.6 Å². The third-order valence-corrected chi connectivity index (χ3v) is 4.61. The minimum Gasteiger partial charge on any atom is -0.464 e. The van der Waals surface area contributed by atoms with Crippen molar-refractivity contribution in [2.75, 3.05) is 0 Å². The lowest BCUT2D eigenvalue weighted by atomic mass is 10.0. The molecule has 1 aliphatic carbocycles. The third kappa shape index (κ3) is 2.37. The lowest BCUT2D eigenvalue weighted by Gasteiger charge is -2.12. The molecule has 4 rings (SSSR count). The standard InChI is InChI=1S/C19H19NO2/c1-12(13-6-7-13)20-18(21)10-15-11-22-17-9-8-14-4-2-3-5-16(14)19(15)17/h2-5,8-9,11-13H,6-7,10H2,1H3,(H,20,21)/t12-/m1/s1. The van der Waals surface area contributed by atoms with Crippen LogP contribution in [0.5, 0.6) is 0 Å². The Balaban J connectivity index is 1.66. The fourth-order valence-corrected chi connectivity index (χ4v) is 3.20. The molecule has 22 heavy (non-hydrogen) atoms. The van der Waals surface area contributed by atoms with Crippen LogP contribution in [0.2, 0.25) is 0 Å². The Kier molecular flexibility index (Phi) is 3.14. The van der Waals surface area contributed by atoms with E-state index in [4.69, 9.17) is 4.42 Å². The normalized spacial score (nSPS) is 16.0. The van der Waals surface area contributed by atoms with Crippen LogP contribution in [-0.2, 0) is 11.2 Å². The molecule has 1 heterocycles. The lowest BCUT2D eigenvalue weighted by Crippen LogP contribution is -2.35. The van der Waals surface area contributed by atoms with E-state index >= 15 is 0 Å². The van der Waals surface area contributed by atoms with Gasteiger partial charge in [0.25, 0.3) is 0 Å². The molecule has 2 aromatic carbocycles. The van der Waals surface area contributed by atoms with E-state index in [0.717, 1.165) is 21.9 Å². The summed E-state index contributed by atoms with van der Waals surface area (Å²) in [5, 5.41) is 6.49. The van der Waals surface area contributed by atoms with Crippen molar-refractivity contribution in [3.63, 3.8) is 0 Å². The third-order valence-electron chi connectivity index (χ3n) is 4.61. The average molecular weight is 293 g/mol. The van der Waals surface area contributed by atoms with Gasteiger partial charge in [-0.1, -0.05) is 30.3 Å². The van der Waals surface area contributed by atoms with Crippen LogP contribution in [-0.4, -0.2) is 11.9 Å². The van der Waals surface area contributed by atoms with Gasteiger partial charge in [0, 0.05) is 17.0 Å². The molecular formula is C19H19NO2. The molecule has 1 fully saturated rings. The largest absolute Gasteiger partial charge is 0.464 e. The van der Waals surface area contributed by atoms with E-state index in [-0.39, 0.29) is 11.9 Å². The highest BCUT2D eigenvalue weighted by atomic mass is 16.3. The molecule has 1 N–H and O–H groups in total. The molecule has 1 aliphatic rings. The van der Waals surface area contributed by atoms with E-state index in [0.29, 0.717) is 12.3 Å². The predicted molar refractivity (Wildman–Crippen MR) is 87.8 cm³/mol. The Bertz CT molecular complexity index is 845. The first kappa shape index (κ1) is 13.4. The Morgan fingerprint density at radius 1 is 1.27 bits per heavy atom. The predicted octanol–water partition coefficient (Wildman–Crippen LogP) is 4.04. The zero-order valence-electron chi connectivity index (χ0n) is 12.6. The van der Waals surface area contributed by atoms with Gasteiger partial charge >= 0.3 is 0 Å². The van der Waals surface area contributed by atoms with E-state index in [1.807, 2.05) is 18.2 Å². The number of rotatable bonds is 4. The molecular weight excluding hydrogens is 274 g/mol. The average Bonchev–Trinajstić information content (AvgIpc) is 3.30. The topological polar surface area (TPSA) is 42.2 Å². The van der Waals surface area contributed by atoms with E-state index in [9.17, 15) is 4.79 Å². The van der Waals surface area contributed by atoms with Gasteiger partial charge in [0.15, 0.2) is 0 Å². The van der Waals surface area contributed by atoms with Gasteiger partial charge in [0.2, 0.25) is 5.91 Å². The molecule has 1 aromatic heterocycles. The number of nitrogens with one attached hydrogen (secondary N) is 1. The van der Waals surface area contributed by atoms with Crippen LogP contribution >= 0.6 is 0 Å². The van der Waals surface area contributed by atoms with Crippen LogP contribution in [0.1, 0.15) is 25.3 Å². The second-order valence-corrected chi connectivity index (χ2v) is 6.29. The van der Waals surface area contributed by atoms with Gasteiger partial charge < -0.3 is 9.73 Å². The number of hydrogen-bond acceptors (Lipinski definition) is 2. The number of hydrogen-bond donors (Lipinski definition) is 1. The zero-order valence-corrected chi connectivity index (χ0v) is 12.6. The van der Waals surface area contributed by atoms with Gasteiger partial charge in [-0.25, -0.2) is 0 Å². The van der Waals surface area contributed by atoms with Crippen molar-refractivity contribution < 1.29 is 9.21 Å². The SMILES string of the molecule is C[C@@H](NC(=O)Cc1coc2ccc3ccccc3c12)C1CC1. The van der Waals surface area contributed by atoms with E-state index in [1.165, 1.54) is 18.2 Å². The minimum atomic E-state index is 0.0787. The summed E-state index contributed by atoms with van der Waals surface area (Å²) in [4.78, 5) is 12.3. The number of benzene rings is 2. The molecule has 3 nitrogen and oxygen atoms in total. The van der Waals surface area contributed by atoms with E-state index < -0.39 is 0 Å². The quantitative estimate of drug-likeness (QED) is 0.788. The molecule has 0 spiro atoms. The van der Waals surface area contributed by atoms with Gasteiger partial charge in [0.1, 0.15) is 5.58 Å². The maximum atomic E-state index is 12.3. The maximum Gasteiger partial charge on any atom is 0.224 e. The number of carbonyl (C=O) groups excluding carboxylic acids is 1. The van der Waals surface area contributed by atoms with Gasteiger partial charge in [-0.3, -0.25) is 4.79 Å². The number of amides is 1. The van der Waals surface area contributed by atoms with Crippen molar-refractivity contribution in [1.82, 2.24) is 5.32 Å². The summed E-state index contributed by atoms with van der Waals surface area (Å²) in [6.45, 7) is 2.10. The molecule has 1 atom stereocenters. The summed E-state index contributed by atoms with van der Waals surface area (Å²) in [5.74, 6) is 0.751. The van der Waals surface area contributed by atoms with Crippen LogP contribution in [0.15, 0.2) is 47.1 Å². The summed E-state index contributed by atoms with van der Waals surface area (Å²) in [5.41, 5.74) is 1.81. The van der Waals surface area contributed by atoms with Crippen molar-refractivity contribution in [3.05, 3.63) is 48.2 Å². The first-order valence-corrected chi connectivity index (χ1v) is 7.89. The molecule has 112 valence electrons. The maximum absolute atomic E-state index is 12.3. The van der Waals surface area contributed by atoms with Crippen molar-refractivity contribution in [1.29, 1.82) is 0 Å². The van der Waals surface area contributed by atoms with Crippen LogP contribution in [0.25, 0.3) is 21.7 Å². The fraction of sp³-hybridized carbons (Fsp3) is 0.316. The molecule has 0 bridgehead atoms. The first-order chi connectivity index (χ1) is 10.7. The highest BCUT2D eigenvalue weighted by Crippen LogP contribution is 2.33. The van der Waals surface area contributed by atoms with Gasteiger partial charge in [0.05, 0.1) is 12.7 Å². The molecule has 3 aromatic rings. The fourth-order valence-electron chi connectivity index (χ4n) is 3.20. The Labute approximate surface area is 129 Å².